The maximum Gasteiger partial charge on any atom is 0.310 e. The Balaban J connectivity index is 2.29. The standard InChI is InChI=1S/C15H20O5/c1-10(15(16)17)12-4-3-5-13(18-2)14(12)20-11-6-8-19-9-7-11/h3-5,10-11H,6-9H2,1-2H3,(H,16,17). The van der Waals surface area contributed by atoms with Crippen molar-refractivity contribution in [3.8, 4) is 11.5 Å². The highest BCUT2D eigenvalue weighted by atomic mass is 16.5. The van der Waals surface area contributed by atoms with Gasteiger partial charge in [-0.2, -0.15) is 0 Å². The van der Waals surface area contributed by atoms with Gasteiger partial charge in [-0.25, -0.2) is 0 Å². The number of carbonyl (C=O) groups is 1. The molecule has 0 amide bonds. The summed E-state index contributed by atoms with van der Waals surface area (Å²) >= 11 is 0. The molecule has 5 nitrogen and oxygen atoms in total. The van der Waals surface area contributed by atoms with E-state index in [1.807, 2.05) is 0 Å². The molecular formula is C15H20O5. The zero-order chi connectivity index (χ0) is 14.5. The molecule has 1 heterocycles. The molecule has 20 heavy (non-hydrogen) atoms. The van der Waals surface area contributed by atoms with Crippen LogP contribution in [0.5, 0.6) is 11.5 Å². The fourth-order valence-electron chi connectivity index (χ4n) is 2.25. The number of carboxylic acid groups (broad SMARTS) is 1. The summed E-state index contributed by atoms with van der Waals surface area (Å²) in [6.45, 7) is 2.99. The number of aliphatic carboxylic acids is 1. The molecule has 1 N–H and O–H groups in total. The Kier molecular flexibility index (Phi) is 4.84. The Bertz CT molecular complexity index is 465. The number of hydrogen-bond acceptors (Lipinski definition) is 4. The van der Waals surface area contributed by atoms with Crippen LogP contribution in [0.1, 0.15) is 31.2 Å². The lowest BCUT2D eigenvalue weighted by molar-refractivity contribution is -0.138. The van der Waals surface area contributed by atoms with Crippen LogP contribution < -0.4 is 9.47 Å². The summed E-state index contributed by atoms with van der Waals surface area (Å²) in [7, 11) is 1.56. The summed E-state index contributed by atoms with van der Waals surface area (Å²) in [5, 5.41) is 9.21. The monoisotopic (exact) mass is 280 g/mol. The maximum absolute atomic E-state index is 11.2. The maximum atomic E-state index is 11.2. The summed E-state index contributed by atoms with van der Waals surface area (Å²) in [4.78, 5) is 11.2. The van der Waals surface area contributed by atoms with Gasteiger partial charge in [-0.05, 0) is 13.0 Å². The molecule has 0 saturated carbocycles. The van der Waals surface area contributed by atoms with E-state index in [4.69, 9.17) is 14.2 Å². The highest BCUT2D eigenvalue weighted by molar-refractivity contribution is 5.77. The molecule has 1 atom stereocenters. The van der Waals surface area contributed by atoms with Crippen molar-refractivity contribution in [2.75, 3.05) is 20.3 Å². The quantitative estimate of drug-likeness (QED) is 0.897. The van der Waals surface area contributed by atoms with Crippen LogP contribution >= 0.6 is 0 Å². The Morgan fingerprint density at radius 1 is 1.40 bits per heavy atom. The fourth-order valence-corrected chi connectivity index (χ4v) is 2.25. The van der Waals surface area contributed by atoms with Gasteiger partial charge in [0.05, 0.1) is 26.2 Å². The van der Waals surface area contributed by atoms with Gasteiger partial charge in [-0.1, -0.05) is 12.1 Å². The molecule has 1 fully saturated rings. The van der Waals surface area contributed by atoms with E-state index in [2.05, 4.69) is 0 Å². The molecule has 1 unspecified atom stereocenters. The first kappa shape index (κ1) is 14.7. The zero-order valence-corrected chi connectivity index (χ0v) is 11.8. The first-order valence-corrected chi connectivity index (χ1v) is 6.77. The van der Waals surface area contributed by atoms with Crippen molar-refractivity contribution < 1.29 is 24.1 Å². The minimum Gasteiger partial charge on any atom is -0.493 e. The van der Waals surface area contributed by atoms with Crippen molar-refractivity contribution in [2.24, 2.45) is 0 Å². The molecule has 1 aliphatic heterocycles. The number of methoxy groups -OCH3 is 1. The number of para-hydroxylation sites is 1. The summed E-state index contributed by atoms with van der Waals surface area (Å²) < 4.78 is 16.6. The average molecular weight is 280 g/mol. The topological polar surface area (TPSA) is 65.0 Å². The number of rotatable bonds is 5. The van der Waals surface area contributed by atoms with E-state index in [1.165, 1.54) is 0 Å². The minimum atomic E-state index is -0.880. The fraction of sp³-hybridized carbons (Fsp3) is 0.533. The number of carboxylic acids is 1. The van der Waals surface area contributed by atoms with Crippen LogP contribution in [0.15, 0.2) is 18.2 Å². The molecule has 1 aromatic carbocycles. The summed E-state index contributed by atoms with van der Waals surface area (Å²) in [5.41, 5.74) is 0.642. The van der Waals surface area contributed by atoms with E-state index in [9.17, 15) is 9.90 Å². The third-order valence-corrected chi connectivity index (χ3v) is 3.52. The van der Waals surface area contributed by atoms with Gasteiger partial charge in [-0.3, -0.25) is 4.79 Å². The highest BCUT2D eigenvalue weighted by Gasteiger charge is 2.24. The molecule has 0 aliphatic carbocycles. The van der Waals surface area contributed by atoms with Gasteiger partial charge in [0.25, 0.3) is 0 Å². The first-order chi connectivity index (χ1) is 9.63. The molecular weight excluding hydrogens is 260 g/mol. The molecule has 0 aromatic heterocycles. The average Bonchev–Trinajstić information content (AvgIpc) is 2.47. The van der Waals surface area contributed by atoms with Crippen LogP contribution in [-0.4, -0.2) is 37.5 Å². The van der Waals surface area contributed by atoms with E-state index >= 15 is 0 Å². The van der Waals surface area contributed by atoms with Crippen molar-refractivity contribution in [3.63, 3.8) is 0 Å². The Morgan fingerprint density at radius 3 is 2.70 bits per heavy atom. The van der Waals surface area contributed by atoms with Gasteiger partial charge in [0, 0.05) is 18.4 Å². The lowest BCUT2D eigenvalue weighted by atomic mass is 9.99. The van der Waals surface area contributed by atoms with Crippen LogP contribution in [0.4, 0.5) is 0 Å². The molecule has 0 bridgehead atoms. The van der Waals surface area contributed by atoms with Crippen molar-refractivity contribution in [1.82, 2.24) is 0 Å². The lowest BCUT2D eigenvalue weighted by Gasteiger charge is -2.26. The molecule has 2 rings (SSSR count). The van der Waals surface area contributed by atoms with E-state index in [0.29, 0.717) is 30.3 Å². The Hall–Kier alpha value is -1.75. The van der Waals surface area contributed by atoms with Crippen LogP contribution in [0.2, 0.25) is 0 Å². The van der Waals surface area contributed by atoms with Crippen molar-refractivity contribution in [1.29, 1.82) is 0 Å². The van der Waals surface area contributed by atoms with Crippen LogP contribution in [0.3, 0.4) is 0 Å². The molecule has 5 heteroatoms. The van der Waals surface area contributed by atoms with Gasteiger partial charge in [0.2, 0.25) is 0 Å². The van der Waals surface area contributed by atoms with Crippen molar-refractivity contribution in [2.45, 2.75) is 31.8 Å². The third-order valence-electron chi connectivity index (χ3n) is 3.52. The predicted molar refractivity (Wildman–Crippen MR) is 73.5 cm³/mol. The van der Waals surface area contributed by atoms with Crippen molar-refractivity contribution >= 4 is 5.97 Å². The van der Waals surface area contributed by atoms with E-state index < -0.39 is 11.9 Å². The highest BCUT2D eigenvalue weighted by Crippen LogP contribution is 2.37. The zero-order valence-electron chi connectivity index (χ0n) is 11.8. The number of hydrogen-bond donors (Lipinski definition) is 1. The number of ether oxygens (including phenoxy) is 3. The van der Waals surface area contributed by atoms with Gasteiger partial charge in [0.1, 0.15) is 6.10 Å². The summed E-state index contributed by atoms with van der Waals surface area (Å²) in [5.74, 6) is -0.408. The second-order valence-corrected chi connectivity index (χ2v) is 4.87. The largest absolute Gasteiger partial charge is 0.493 e. The SMILES string of the molecule is COc1cccc(C(C)C(=O)O)c1OC1CCOCC1. The van der Waals surface area contributed by atoms with Gasteiger partial charge in [-0.15, -0.1) is 0 Å². The van der Waals surface area contributed by atoms with Gasteiger partial charge in [0.15, 0.2) is 11.5 Å². The minimum absolute atomic E-state index is 0.0415. The van der Waals surface area contributed by atoms with E-state index in [0.717, 1.165) is 12.8 Å². The van der Waals surface area contributed by atoms with E-state index in [1.54, 1.807) is 32.2 Å². The molecule has 1 saturated heterocycles. The van der Waals surface area contributed by atoms with Crippen LogP contribution in [-0.2, 0) is 9.53 Å². The molecule has 0 radical (unpaired) electrons. The summed E-state index contributed by atoms with van der Waals surface area (Å²) in [6, 6.07) is 5.34. The molecule has 0 spiro atoms. The van der Waals surface area contributed by atoms with E-state index in [-0.39, 0.29) is 6.10 Å². The first-order valence-electron chi connectivity index (χ1n) is 6.77. The van der Waals surface area contributed by atoms with Crippen molar-refractivity contribution in [3.05, 3.63) is 23.8 Å². The Labute approximate surface area is 118 Å². The lowest BCUT2D eigenvalue weighted by Crippen LogP contribution is -2.26. The van der Waals surface area contributed by atoms with Gasteiger partial charge < -0.3 is 19.3 Å². The molecule has 1 aliphatic rings. The predicted octanol–water partition coefficient (Wildman–Crippen LogP) is 2.44. The third kappa shape index (κ3) is 3.22. The normalized spacial score (nSPS) is 17.5. The second-order valence-electron chi connectivity index (χ2n) is 4.87. The smallest absolute Gasteiger partial charge is 0.310 e. The second kappa shape index (κ2) is 6.61. The molecule has 110 valence electrons. The van der Waals surface area contributed by atoms with Gasteiger partial charge >= 0.3 is 5.97 Å². The Morgan fingerprint density at radius 2 is 2.10 bits per heavy atom. The van der Waals surface area contributed by atoms with Crippen LogP contribution in [0.25, 0.3) is 0 Å². The number of benzene rings is 1. The summed E-state index contributed by atoms with van der Waals surface area (Å²) in [6.07, 6.45) is 1.65. The van der Waals surface area contributed by atoms with Crippen LogP contribution in [0, 0.1) is 0 Å². The molecule has 1 aromatic rings.